The van der Waals surface area contributed by atoms with E-state index in [0.29, 0.717) is 13.2 Å². The summed E-state index contributed by atoms with van der Waals surface area (Å²) in [6, 6.07) is 17.5. The number of hydrogen-bond donors (Lipinski definition) is 5. The number of aliphatic hydroxyl groups is 3. The van der Waals surface area contributed by atoms with E-state index in [4.69, 9.17) is 19.9 Å². The van der Waals surface area contributed by atoms with Crippen molar-refractivity contribution >= 4 is 10.9 Å². The van der Waals surface area contributed by atoms with Crippen LogP contribution in [0.25, 0.3) is 10.9 Å². The van der Waals surface area contributed by atoms with Gasteiger partial charge in [0, 0.05) is 29.3 Å². The Morgan fingerprint density at radius 1 is 0.833 bits per heavy atom. The van der Waals surface area contributed by atoms with Gasteiger partial charge in [0.15, 0.2) is 0 Å². The smallest absolute Gasteiger partial charge is 0.116 e. The zero-order valence-electron chi connectivity index (χ0n) is 20.7. The Bertz CT molecular complexity index is 1060. The second-order valence-corrected chi connectivity index (χ2v) is 9.45. The van der Waals surface area contributed by atoms with Crippen LogP contribution < -0.4 is 5.73 Å². The summed E-state index contributed by atoms with van der Waals surface area (Å²) in [6.45, 7) is 3.05. The van der Waals surface area contributed by atoms with E-state index < -0.39 is 42.7 Å². The van der Waals surface area contributed by atoms with Crippen LogP contribution in [0.4, 0.5) is 0 Å². The van der Waals surface area contributed by atoms with Gasteiger partial charge >= 0.3 is 0 Å². The van der Waals surface area contributed by atoms with Crippen LogP contribution >= 0.6 is 0 Å². The van der Waals surface area contributed by atoms with Gasteiger partial charge in [0.25, 0.3) is 0 Å². The Morgan fingerprint density at radius 2 is 1.56 bits per heavy atom. The lowest BCUT2D eigenvalue weighted by Crippen LogP contribution is -2.65. The second-order valence-electron chi connectivity index (χ2n) is 9.45. The predicted molar refractivity (Wildman–Crippen MR) is 137 cm³/mol. The molecule has 6 N–H and O–H groups in total. The Kier molecular flexibility index (Phi) is 9.50. The van der Waals surface area contributed by atoms with E-state index in [2.05, 4.69) is 4.98 Å². The van der Waals surface area contributed by atoms with Crippen LogP contribution in [0.1, 0.15) is 43.4 Å². The van der Waals surface area contributed by atoms with Crippen LogP contribution in [0.2, 0.25) is 0 Å². The number of aromatic nitrogens is 1. The lowest BCUT2D eigenvalue weighted by molar-refractivity contribution is -0.265. The van der Waals surface area contributed by atoms with E-state index in [1.165, 1.54) is 0 Å². The summed E-state index contributed by atoms with van der Waals surface area (Å²) in [5.41, 5.74) is 8.38. The monoisotopic (exact) mass is 498 g/mol. The van der Waals surface area contributed by atoms with Gasteiger partial charge in [-0.3, -0.25) is 0 Å². The molecule has 0 aliphatic heterocycles. The molecule has 1 aromatic heterocycles. The highest BCUT2D eigenvalue weighted by atomic mass is 16.6. The first-order valence-electron chi connectivity index (χ1n) is 12.7. The minimum atomic E-state index is -1.32. The van der Waals surface area contributed by atoms with Gasteiger partial charge < -0.3 is 40.2 Å². The molecule has 1 heterocycles. The standard InChI is InChI=1S/C28H38N2O6/c1-18(21-16-30-22-13-7-6-12-20(21)22)36-28-25(33)26(34-15-9-3-8-14-29)23(31)24(32)27(28)35-17-19-10-4-2-5-11-19/h2,4-7,10-13,16,18,23-28,30-33H,3,8-9,14-15,17,29H2,1H3. The number of rotatable bonds is 12. The average molecular weight is 499 g/mol. The summed E-state index contributed by atoms with van der Waals surface area (Å²) in [7, 11) is 0. The molecule has 7 unspecified atom stereocenters. The number of ether oxygens (including phenoxy) is 3. The Morgan fingerprint density at radius 3 is 2.33 bits per heavy atom. The summed E-state index contributed by atoms with van der Waals surface area (Å²) in [5, 5.41) is 34.3. The van der Waals surface area contributed by atoms with E-state index in [-0.39, 0.29) is 6.61 Å². The van der Waals surface area contributed by atoms with Gasteiger partial charge in [-0.05, 0) is 44.4 Å². The maximum Gasteiger partial charge on any atom is 0.116 e. The van der Waals surface area contributed by atoms with Crippen LogP contribution in [-0.4, -0.2) is 70.1 Å². The number of hydrogen-bond acceptors (Lipinski definition) is 7. The van der Waals surface area contributed by atoms with Crippen molar-refractivity contribution in [2.75, 3.05) is 13.2 Å². The normalized spacial score (nSPS) is 27.4. The number of nitrogens with two attached hydrogens (primary N) is 1. The highest BCUT2D eigenvalue weighted by Gasteiger charge is 2.52. The van der Waals surface area contributed by atoms with Crippen molar-refractivity contribution < 1.29 is 29.5 Å². The van der Waals surface area contributed by atoms with Gasteiger partial charge in [0.2, 0.25) is 0 Å². The van der Waals surface area contributed by atoms with Crippen molar-refractivity contribution in [3.63, 3.8) is 0 Å². The maximum absolute atomic E-state index is 11.3. The van der Waals surface area contributed by atoms with E-state index in [9.17, 15) is 15.3 Å². The SMILES string of the molecule is CC(OC1C(O)C(OCCCCCN)C(O)C(O)C1OCc1ccccc1)c1c[nH]c2ccccc12. The van der Waals surface area contributed by atoms with E-state index in [1.54, 1.807) is 0 Å². The summed E-state index contributed by atoms with van der Waals surface area (Å²) in [4.78, 5) is 3.25. The lowest BCUT2D eigenvalue weighted by Gasteiger charge is -2.46. The first-order chi connectivity index (χ1) is 17.5. The fraction of sp³-hybridized carbons (Fsp3) is 0.500. The number of unbranched alkanes of at least 4 members (excludes halogenated alkanes) is 2. The predicted octanol–water partition coefficient (Wildman–Crippen LogP) is 2.81. The van der Waals surface area contributed by atoms with Crippen molar-refractivity contribution in [2.45, 2.75) is 75.5 Å². The number of H-pyrrole nitrogens is 1. The van der Waals surface area contributed by atoms with Crippen molar-refractivity contribution in [2.24, 2.45) is 5.73 Å². The molecule has 0 radical (unpaired) electrons. The molecule has 8 heteroatoms. The third-order valence-corrected chi connectivity index (χ3v) is 6.88. The minimum Gasteiger partial charge on any atom is -0.387 e. The van der Waals surface area contributed by atoms with Crippen LogP contribution in [0, 0.1) is 0 Å². The molecular formula is C28H38N2O6. The van der Waals surface area contributed by atoms with E-state index in [1.807, 2.05) is 67.7 Å². The molecule has 3 aromatic rings. The fourth-order valence-electron chi connectivity index (χ4n) is 4.86. The first kappa shape index (κ1) is 26.8. The zero-order valence-corrected chi connectivity index (χ0v) is 20.7. The van der Waals surface area contributed by atoms with Gasteiger partial charge in [-0.2, -0.15) is 0 Å². The molecule has 1 saturated carbocycles. The second kappa shape index (κ2) is 12.8. The van der Waals surface area contributed by atoms with Gasteiger partial charge in [0.1, 0.15) is 36.6 Å². The Hall–Kier alpha value is -2.30. The quantitative estimate of drug-likeness (QED) is 0.243. The van der Waals surface area contributed by atoms with Gasteiger partial charge in [-0.1, -0.05) is 48.5 Å². The summed E-state index contributed by atoms with van der Waals surface area (Å²) < 4.78 is 18.3. The van der Waals surface area contributed by atoms with Crippen molar-refractivity contribution in [1.29, 1.82) is 0 Å². The van der Waals surface area contributed by atoms with Gasteiger partial charge in [-0.15, -0.1) is 0 Å². The topological polar surface area (TPSA) is 130 Å². The van der Waals surface area contributed by atoms with Gasteiger partial charge in [-0.25, -0.2) is 0 Å². The lowest BCUT2D eigenvalue weighted by atomic mass is 9.84. The molecular weight excluding hydrogens is 460 g/mol. The molecule has 1 fully saturated rings. The fourth-order valence-corrected chi connectivity index (χ4v) is 4.86. The zero-order chi connectivity index (χ0) is 25.5. The van der Waals surface area contributed by atoms with Crippen LogP contribution in [-0.2, 0) is 20.8 Å². The molecule has 0 amide bonds. The Balaban J connectivity index is 1.53. The maximum atomic E-state index is 11.3. The van der Waals surface area contributed by atoms with E-state index in [0.717, 1.165) is 41.3 Å². The van der Waals surface area contributed by atoms with E-state index >= 15 is 0 Å². The van der Waals surface area contributed by atoms with Crippen LogP contribution in [0.15, 0.2) is 60.8 Å². The number of aromatic amines is 1. The number of fused-ring (bicyclic) bond motifs is 1. The first-order valence-corrected chi connectivity index (χ1v) is 12.7. The summed E-state index contributed by atoms with van der Waals surface area (Å²) in [5.74, 6) is 0. The highest BCUT2D eigenvalue weighted by molar-refractivity contribution is 5.83. The molecule has 0 spiro atoms. The molecule has 196 valence electrons. The molecule has 36 heavy (non-hydrogen) atoms. The highest BCUT2D eigenvalue weighted by Crippen LogP contribution is 2.34. The van der Waals surface area contributed by atoms with Crippen LogP contribution in [0.3, 0.4) is 0 Å². The average Bonchev–Trinajstić information content (AvgIpc) is 3.33. The molecule has 8 nitrogen and oxygen atoms in total. The molecule has 2 aromatic carbocycles. The minimum absolute atomic E-state index is 0.202. The third-order valence-electron chi connectivity index (χ3n) is 6.88. The number of aliphatic hydroxyl groups excluding tert-OH is 3. The summed E-state index contributed by atoms with van der Waals surface area (Å²) >= 11 is 0. The number of benzene rings is 2. The molecule has 0 saturated heterocycles. The van der Waals surface area contributed by atoms with Gasteiger partial charge in [0.05, 0.1) is 12.7 Å². The molecule has 1 aliphatic rings. The Labute approximate surface area is 212 Å². The third kappa shape index (κ3) is 6.15. The molecule has 7 atom stereocenters. The molecule has 0 bridgehead atoms. The molecule has 4 rings (SSSR count). The van der Waals surface area contributed by atoms with Crippen molar-refractivity contribution in [3.8, 4) is 0 Å². The molecule has 1 aliphatic carbocycles. The van der Waals surface area contributed by atoms with Crippen LogP contribution in [0.5, 0.6) is 0 Å². The summed E-state index contributed by atoms with van der Waals surface area (Å²) in [6.07, 6.45) is -2.73. The number of nitrogens with one attached hydrogen (secondary N) is 1. The van der Waals surface area contributed by atoms with Crippen molar-refractivity contribution in [1.82, 2.24) is 4.98 Å². The number of para-hydroxylation sites is 1. The largest absolute Gasteiger partial charge is 0.387 e. The van der Waals surface area contributed by atoms with Crippen molar-refractivity contribution in [3.05, 3.63) is 71.9 Å².